The van der Waals surface area contributed by atoms with Gasteiger partial charge in [-0.05, 0) is 38.5 Å². The number of hydrogen-bond donors (Lipinski definition) is 3. The van der Waals surface area contributed by atoms with Crippen molar-refractivity contribution in [2.45, 2.75) is 32.4 Å². The van der Waals surface area contributed by atoms with Crippen molar-refractivity contribution in [3.05, 3.63) is 29.8 Å². The van der Waals surface area contributed by atoms with E-state index in [0.29, 0.717) is 6.54 Å². The molecule has 15 heavy (non-hydrogen) atoms. The minimum Gasteiger partial charge on any atom is -0.508 e. The molecule has 0 spiro atoms. The van der Waals surface area contributed by atoms with Gasteiger partial charge in [0.05, 0.1) is 6.10 Å². The van der Waals surface area contributed by atoms with Gasteiger partial charge in [0.1, 0.15) is 5.75 Å². The van der Waals surface area contributed by atoms with Crippen LogP contribution in [0.4, 0.5) is 0 Å². The third-order valence-corrected chi connectivity index (χ3v) is 2.08. The van der Waals surface area contributed by atoms with Gasteiger partial charge in [-0.25, -0.2) is 0 Å². The number of β-amino-alcohol motifs (C(OH)–C–C–N with tert-alkyl or cyclic N) is 1. The second-order valence-corrected chi connectivity index (χ2v) is 4.74. The summed E-state index contributed by atoms with van der Waals surface area (Å²) in [5, 5.41) is 22.3. The Hall–Kier alpha value is -1.06. The molecule has 0 heterocycles. The predicted octanol–water partition coefficient (Wildman–Crippen LogP) is 1.81. The molecular weight excluding hydrogens is 190 g/mol. The summed E-state index contributed by atoms with van der Waals surface area (Å²) in [5.41, 5.74) is 0.712. The second kappa shape index (κ2) is 4.64. The first-order chi connectivity index (χ1) is 6.88. The quantitative estimate of drug-likeness (QED) is 0.711. The van der Waals surface area contributed by atoms with E-state index in [9.17, 15) is 10.2 Å². The van der Waals surface area contributed by atoms with E-state index in [0.717, 1.165) is 5.56 Å². The molecule has 0 aliphatic rings. The highest BCUT2D eigenvalue weighted by Gasteiger charge is 2.13. The van der Waals surface area contributed by atoms with Crippen LogP contribution in [0.2, 0.25) is 0 Å². The number of aliphatic hydroxyl groups excluding tert-OH is 1. The van der Waals surface area contributed by atoms with Crippen LogP contribution in [-0.4, -0.2) is 22.3 Å². The molecule has 0 aromatic heterocycles. The van der Waals surface area contributed by atoms with E-state index in [2.05, 4.69) is 5.32 Å². The van der Waals surface area contributed by atoms with E-state index in [1.807, 2.05) is 20.8 Å². The first kappa shape index (κ1) is 12.0. The van der Waals surface area contributed by atoms with Gasteiger partial charge < -0.3 is 15.5 Å². The van der Waals surface area contributed by atoms with Crippen LogP contribution in [0.5, 0.6) is 5.75 Å². The largest absolute Gasteiger partial charge is 0.508 e. The summed E-state index contributed by atoms with van der Waals surface area (Å²) in [4.78, 5) is 0. The Morgan fingerprint density at radius 2 is 2.00 bits per heavy atom. The maximum Gasteiger partial charge on any atom is 0.115 e. The molecule has 1 atom stereocenters. The maximum absolute atomic E-state index is 9.83. The third kappa shape index (κ3) is 4.32. The molecule has 0 amide bonds. The van der Waals surface area contributed by atoms with Crippen molar-refractivity contribution in [2.75, 3.05) is 6.54 Å². The van der Waals surface area contributed by atoms with E-state index >= 15 is 0 Å². The average molecular weight is 209 g/mol. The molecule has 0 saturated heterocycles. The van der Waals surface area contributed by atoms with Crippen LogP contribution in [-0.2, 0) is 0 Å². The van der Waals surface area contributed by atoms with Gasteiger partial charge in [0, 0.05) is 12.1 Å². The van der Waals surface area contributed by atoms with E-state index in [1.165, 1.54) is 0 Å². The molecule has 0 saturated carbocycles. The summed E-state index contributed by atoms with van der Waals surface area (Å²) < 4.78 is 0. The Kier molecular flexibility index (Phi) is 3.72. The Morgan fingerprint density at radius 1 is 1.33 bits per heavy atom. The number of hydrogen-bond acceptors (Lipinski definition) is 3. The van der Waals surface area contributed by atoms with Crippen LogP contribution in [0.25, 0.3) is 0 Å². The fourth-order valence-electron chi connectivity index (χ4n) is 1.25. The molecule has 0 aliphatic carbocycles. The number of benzene rings is 1. The standard InChI is InChI=1S/C12H19NO2/c1-12(2,3)13-8-11(15)9-5-4-6-10(14)7-9/h4-7,11,13-15H,8H2,1-3H3. The van der Waals surface area contributed by atoms with Crippen LogP contribution in [0, 0.1) is 0 Å². The van der Waals surface area contributed by atoms with Crippen LogP contribution >= 0.6 is 0 Å². The van der Waals surface area contributed by atoms with E-state index in [4.69, 9.17) is 0 Å². The highest BCUT2D eigenvalue weighted by molar-refractivity contribution is 5.28. The number of phenolic OH excluding ortho intramolecular Hbond substituents is 1. The minimum atomic E-state index is -0.587. The van der Waals surface area contributed by atoms with Gasteiger partial charge in [-0.1, -0.05) is 12.1 Å². The predicted molar refractivity (Wildman–Crippen MR) is 60.8 cm³/mol. The van der Waals surface area contributed by atoms with Crippen molar-refractivity contribution in [3.63, 3.8) is 0 Å². The fourth-order valence-corrected chi connectivity index (χ4v) is 1.25. The van der Waals surface area contributed by atoms with Gasteiger partial charge in [0.15, 0.2) is 0 Å². The number of aromatic hydroxyl groups is 1. The normalized spacial score (nSPS) is 13.9. The van der Waals surface area contributed by atoms with Crippen LogP contribution in [0.15, 0.2) is 24.3 Å². The van der Waals surface area contributed by atoms with Gasteiger partial charge in [-0.3, -0.25) is 0 Å². The molecule has 0 bridgehead atoms. The topological polar surface area (TPSA) is 52.5 Å². The molecule has 0 fully saturated rings. The second-order valence-electron chi connectivity index (χ2n) is 4.74. The highest BCUT2D eigenvalue weighted by atomic mass is 16.3. The van der Waals surface area contributed by atoms with Crippen LogP contribution in [0.1, 0.15) is 32.4 Å². The maximum atomic E-state index is 9.83. The Morgan fingerprint density at radius 3 is 2.53 bits per heavy atom. The molecular formula is C12H19NO2. The van der Waals surface area contributed by atoms with Crippen molar-refractivity contribution in [2.24, 2.45) is 0 Å². The molecule has 0 aliphatic heterocycles. The zero-order valence-electron chi connectivity index (χ0n) is 9.49. The molecule has 84 valence electrons. The molecule has 3 N–H and O–H groups in total. The average Bonchev–Trinajstić information content (AvgIpc) is 2.13. The van der Waals surface area contributed by atoms with Gasteiger partial charge in [-0.15, -0.1) is 0 Å². The lowest BCUT2D eigenvalue weighted by Gasteiger charge is -2.23. The fraction of sp³-hybridized carbons (Fsp3) is 0.500. The number of rotatable bonds is 3. The lowest BCUT2D eigenvalue weighted by atomic mass is 10.1. The van der Waals surface area contributed by atoms with E-state index < -0.39 is 6.10 Å². The Balaban J connectivity index is 2.58. The van der Waals surface area contributed by atoms with Crippen molar-refractivity contribution in [1.82, 2.24) is 5.32 Å². The summed E-state index contributed by atoms with van der Waals surface area (Å²) in [6, 6.07) is 6.70. The zero-order chi connectivity index (χ0) is 11.5. The van der Waals surface area contributed by atoms with Crippen molar-refractivity contribution < 1.29 is 10.2 Å². The smallest absolute Gasteiger partial charge is 0.115 e. The summed E-state index contributed by atoms with van der Waals surface area (Å²) in [6.45, 7) is 6.61. The van der Waals surface area contributed by atoms with Gasteiger partial charge in [-0.2, -0.15) is 0 Å². The number of aliphatic hydroxyl groups is 1. The lowest BCUT2D eigenvalue weighted by Crippen LogP contribution is -2.38. The molecule has 0 radical (unpaired) electrons. The van der Waals surface area contributed by atoms with Gasteiger partial charge in [0.2, 0.25) is 0 Å². The molecule has 1 aromatic rings. The summed E-state index contributed by atoms with van der Waals surface area (Å²) in [5.74, 6) is 0.183. The first-order valence-corrected chi connectivity index (χ1v) is 5.10. The first-order valence-electron chi connectivity index (χ1n) is 5.10. The van der Waals surface area contributed by atoms with Crippen molar-refractivity contribution in [1.29, 1.82) is 0 Å². The Bertz CT molecular complexity index is 318. The van der Waals surface area contributed by atoms with Gasteiger partial charge >= 0.3 is 0 Å². The van der Waals surface area contributed by atoms with E-state index in [-0.39, 0.29) is 11.3 Å². The van der Waals surface area contributed by atoms with Crippen LogP contribution in [0.3, 0.4) is 0 Å². The highest BCUT2D eigenvalue weighted by Crippen LogP contribution is 2.18. The minimum absolute atomic E-state index is 0.0161. The molecule has 1 rings (SSSR count). The lowest BCUT2D eigenvalue weighted by molar-refractivity contribution is 0.163. The van der Waals surface area contributed by atoms with Crippen molar-refractivity contribution >= 4 is 0 Å². The molecule has 1 unspecified atom stereocenters. The monoisotopic (exact) mass is 209 g/mol. The summed E-state index contributed by atoms with van der Waals surface area (Å²) in [7, 11) is 0. The van der Waals surface area contributed by atoms with E-state index in [1.54, 1.807) is 24.3 Å². The van der Waals surface area contributed by atoms with Crippen molar-refractivity contribution in [3.8, 4) is 5.75 Å². The summed E-state index contributed by atoms with van der Waals surface area (Å²) >= 11 is 0. The SMILES string of the molecule is CC(C)(C)NCC(O)c1cccc(O)c1. The molecule has 3 nitrogen and oxygen atoms in total. The summed E-state index contributed by atoms with van der Waals surface area (Å²) in [6.07, 6.45) is -0.587. The van der Waals surface area contributed by atoms with Crippen LogP contribution < -0.4 is 5.32 Å². The molecule has 3 heteroatoms. The number of nitrogens with one attached hydrogen (secondary N) is 1. The molecule has 1 aromatic carbocycles. The third-order valence-electron chi connectivity index (χ3n) is 2.08. The Labute approximate surface area is 90.8 Å². The zero-order valence-corrected chi connectivity index (χ0v) is 9.49. The number of phenols is 1. The van der Waals surface area contributed by atoms with Gasteiger partial charge in [0.25, 0.3) is 0 Å².